The number of ether oxygens (including phenoxy) is 1. The lowest BCUT2D eigenvalue weighted by Crippen LogP contribution is -2.40. The van der Waals surface area contributed by atoms with Gasteiger partial charge in [0.2, 0.25) is 0 Å². The van der Waals surface area contributed by atoms with E-state index in [9.17, 15) is 14.3 Å². The molecule has 0 radical (unpaired) electrons. The summed E-state index contributed by atoms with van der Waals surface area (Å²) >= 11 is 0. The summed E-state index contributed by atoms with van der Waals surface area (Å²) in [6, 6.07) is 3.47. The zero-order valence-corrected chi connectivity index (χ0v) is 10.7. The van der Waals surface area contributed by atoms with Gasteiger partial charge >= 0.3 is 6.03 Å². The monoisotopic (exact) mass is 268 g/mol. The molecule has 0 unspecified atom stereocenters. The predicted octanol–water partition coefficient (Wildman–Crippen LogP) is 1.82. The maximum atomic E-state index is 13.1. The summed E-state index contributed by atoms with van der Waals surface area (Å²) in [5, 5.41) is 11.9. The van der Waals surface area contributed by atoms with Crippen molar-refractivity contribution in [1.29, 1.82) is 0 Å². The molecule has 6 heteroatoms. The molecule has 0 aromatic heterocycles. The highest BCUT2D eigenvalue weighted by Crippen LogP contribution is 2.26. The number of anilines is 1. The van der Waals surface area contributed by atoms with Crippen molar-refractivity contribution in [2.75, 3.05) is 25.6 Å². The van der Waals surface area contributed by atoms with Gasteiger partial charge in [0.15, 0.2) is 0 Å². The van der Waals surface area contributed by atoms with Crippen LogP contribution in [0, 0.1) is 5.82 Å². The third-order valence-electron chi connectivity index (χ3n) is 3.25. The molecule has 0 spiro atoms. The summed E-state index contributed by atoms with van der Waals surface area (Å²) in [5.74, 6) is -0.155. The molecule has 1 aliphatic rings. The highest BCUT2D eigenvalue weighted by molar-refractivity contribution is 5.91. The summed E-state index contributed by atoms with van der Waals surface area (Å²) in [5.41, 5.74) is 0.414. The molecule has 1 atom stereocenters. The van der Waals surface area contributed by atoms with Gasteiger partial charge in [-0.05, 0) is 25.0 Å². The number of nitrogens with one attached hydrogen (secondary N) is 1. The number of likely N-dealkylation sites (tertiary alicyclic amines) is 1. The molecule has 1 heterocycles. The number of benzene rings is 1. The minimum atomic E-state index is -0.427. The van der Waals surface area contributed by atoms with Crippen molar-refractivity contribution in [1.82, 2.24) is 4.90 Å². The van der Waals surface area contributed by atoms with E-state index in [2.05, 4.69) is 5.32 Å². The van der Waals surface area contributed by atoms with Crippen LogP contribution in [0.2, 0.25) is 0 Å². The van der Waals surface area contributed by atoms with Crippen LogP contribution in [0.15, 0.2) is 18.2 Å². The van der Waals surface area contributed by atoms with Gasteiger partial charge in [0, 0.05) is 12.6 Å². The first kappa shape index (κ1) is 13.6. The van der Waals surface area contributed by atoms with Crippen LogP contribution in [0.3, 0.4) is 0 Å². The van der Waals surface area contributed by atoms with Crippen molar-refractivity contribution in [3.05, 3.63) is 24.0 Å². The highest BCUT2D eigenvalue weighted by atomic mass is 19.1. The number of aliphatic hydroxyl groups is 1. The minimum Gasteiger partial charge on any atom is -0.494 e. The Hall–Kier alpha value is -1.82. The van der Waals surface area contributed by atoms with E-state index in [1.807, 2.05) is 0 Å². The molecule has 2 N–H and O–H groups in total. The summed E-state index contributed by atoms with van der Waals surface area (Å²) in [6.07, 6.45) is 1.67. The summed E-state index contributed by atoms with van der Waals surface area (Å²) in [6.45, 7) is 0.564. The molecular formula is C13H17FN2O3. The molecular weight excluding hydrogens is 251 g/mol. The maximum absolute atomic E-state index is 13.1. The Morgan fingerprint density at radius 2 is 2.42 bits per heavy atom. The zero-order chi connectivity index (χ0) is 13.8. The number of aliphatic hydroxyl groups excluding tert-OH is 1. The molecule has 1 fully saturated rings. The second kappa shape index (κ2) is 5.88. The summed E-state index contributed by atoms with van der Waals surface area (Å²) in [7, 11) is 1.41. The number of rotatable bonds is 3. The second-order valence-electron chi connectivity index (χ2n) is 4.45. The smallest absolute Gasteiger partial charge is 0.322 e. The SMILES string of the molecule is COc1cc(F)ccc1NC(=O)N1CCC[C@H]1CO. The predicted molar refractivity (Wildman–Crippen MR) is 68.8 cm³/mol. The third-order valence-corrected chi connectivity index (χ3v) is 3.25. The van der Waals surface area contributed by atoms with Gasteiger partial charge in [-0.15, -0.1) is 0 Å². The topological polar surface area (TPSA) is 61.8 Å². The van der Waals surface area contributed by atoms with E-state index in [-0.39, 0.29) is 24.4 Å². The average molecular weight is 268 g/mol. The highest BCUT2D eigenvalue weighted by Gasteiger charge is 2.28. The lowest BCUT2D eigenvalue weighted by molar-refractivity contribution is 0.166. The number of carbonyl (C=O) groups is 1. The van der Waals surface area contributed by atoms with Crippen molar-refractivity contribution in [2.45, 2.75) is 18.9 Å². The van der Waals surface area contributed by atoms with E-state index in [1.54, 1.807) is 4.90 Å². The summed E-state index contributed by atoms with van der Waals surface area (Å²) in [4.78, 5) is 13.7. The van der Waals surface area contributed by atoms with E-state index in [0.717, 1.165) is 12.8 Å². The van der Waals surface area contributed by atoms with Gasteiger partial charge in [-0.3, -0.25) is 0 Å². The van der Waals surface area contributed by atoms with Crippen molar-refractivity contribution in [2.24, 2.45) is 0 Å². The first-order chi connectivity index (χ1) is 9.15. The molecule has 2 amide bonds. The van der Waals surface area contributed by atoms with Crippen molar-refractivity contribution in [3.63, 3.8) is 0 Å². The van der Waals surface area contributed by atoms with E-state index >= 15 is 0 Å². The molecule has 5 nitrogen and oxygen atoms in total. The molecule has 0 bridgehead atoms. The number of carbonyl (C=O) groups excluding carboxylic acids is 1. The number of amides is 2. The van der Waals surface area contributed by atoms with Crippen molar-refractivity contribution in [3.8, 4) is 5.75 Å². The minimum absolute atomic E-state index is 0.0476. The lowest BCUT2D eigenvalue weighted by atomic mass is 10.2. The van der Waals surface area contributed by atoms with Gasteiger partial charge in [-0.1, -0.05) is 0 Å². The van der Waals surface area contributed by atoms with Crippen LogP contribution < -0.4 is 10.1 Å². The van der Waals surface area contributed by atoms with Gasteiger partial charge in [0.25, 0.3) is 0 Å². The first-order valence-corrected chi connectivity index (χ1v) is 6.17. The number of halogens is 1. The fourth-order valence-electron chi connectivity index (χ4n) is 2.25. The van der Waals surface area contributed by atoms with E-state index in [4.69, 9.17) is 4.74 Å². The van der Waals surface area contributed by atoms with Gasteiger partial charge in [-0.2, -0.15) is 0 Å². The molecule has 1 saturated heterocycles. The van der Waals surface area contributed by atoms with Crippen LogP contribution in [0.1, 0.15) is 12.8 Å². The Morgan fingerprint density at radius 3 is 3.11 bits per heavy atom. The van der Waals surface area contributed by atoms with E-state index in [1.165, 1.54) is 25.3 Å². The standard InChI is InChI=1S/C13H17FN2O3/c1-19-12-7-9(14)4-5-11(12)15-13(18)16-6-2-3-10(16)8-17/h4-5,7,10,17H,2-3,6,8H2,1H3,(H,15,18)/t10-/m0/s1. The molecule has 0 saturated carbocycles. The Balaban J connectivity index is 2.10. The largest absolute Gasteiger partial charge is 0.494 e. The number of urea groups is 1. The third kappa shape index (κ3) is 2.96. The van der Waals surface area contributed by atoms with Crippen molar-refractivity contribution >= 4 is 11.7 Å². The fraction of sp³-hybridized carbons (Fsp3) is 0.462. The molecule has 1 aromatic carbocycles. The van der Waals surface area contributed by atoms with E-state index in [0.29, 0.717) is 12.2 Å². The van der Waals surface area contributed by atoms with Crippen molar-refractivity contribution < 1.29 is 19.0 Å². The van der Waals surface area contributed by atoms with Crippen LogP contribution >= 0.6 is 0 Å². The quantitative estimate of drug-likeness (QED) is 0.879. The second-order valence-corrected chi connectivity index (χ2v) is 4.45. The van der Waals surface area contributed by atoms with Crippen LogP contribution in [-0.2, 0) is 0 Å². The average Bonchev–Trinajstić information content (AvgIpc) is 2.89. The first-order valence-electron chi connectivity index (χ1n) is 6.17. The van der Waals surface area contributed by atoms with Crippen LogP contribution in [-0.4, -0.2) is 42.3 Å². The Bertz CT molecular complexity index is 467. The molecule has 1 aliphatic heterocycles. The number of hydrogen-bond acceptors (Lipinski definition) is 3. The Kier molecular flexibility index (Phi) is 4.21. The normalized spacial score (nSPS) is 18.5. The summed E-state index contributed by atoms with van der Waals surface area (Å²) < 4.78 is 18.1. The molecule has 2 rings (SSSR count). The van der Waals surface area contributed by atoms with Crippen LogP contribution in [0.5, 0.6) is 5.75 Å². The van der Waals surface area contributed by atoms with Crippen LogP contribution in [0.25, 0.3) is 0 Å². The lowest BCUT2D eigenvalue weighted by Gasteiger charge is -2.23. The van der Waals surface area contributed by atoms with Gasteiger partial charge in [0.1, 0.15) is 11.6 Å². The maximum Gasteiger partial charge on any atom is 0.322 e. The van der Waals surface area contributed by atoms with Crippen LogP contribution in [0.4, 0.5) is 14.9 Å². The van der Waals surface area contributed by atoms with Gasteiger partial charge in [-0.25, -0.2) is 9.18 Å². The Labute approximate surface area is 111 Å². The number of methoxy groups -OCH3 is 1. The van der Waals surface area contributed by atoms with Gasteiger partial charge in [0.05, 0.1) is 25.4 Å². The van der Waals surface area contributed by atoms with Gasteiger partial charge < -0.3 is 20.1 Å². The Morgan fingerprint density at radius 1 is 1.63 bits per heavy atom. The molecule has 1 aromatic rings. The molecule has 104 valence electrons. The zero-order valence-electron chi connectivity index (χ0n) is 10.7. The number of hydrogen-bond donors (Lipinski definition) is 2. The fourth-order valence-corrected chi connectivity index (χ4v) is 2.25. The molecule has 19 heavy (non-hydrogen) atoms. The number of nitrogens with zero attached hydrogens (tertiary/aromatic N) is 1. The van der Waals surface area contributed by atoms with E-state index < -0.39 is 5.82 Å². The molecule has 0 aliphatic carbocycles.